The zero-order valence-electron chi connectivity index (χ0n) is 18.0. The van der Waals surface area contributed by atoms with E-state index in [1.54, 1.807) is 0 Å². The summed E-state index contributed by atoms with van der Waals surface area (Å²) >= 11 is 6.11. The number of carbonyl (C=O) groups excluding carboxylic acids is 1. The average molecular weight is 424 g/mol. The van der Waals surface area contributed by atoms with Gasteiger partial charge in [-0.15, -0.1) is 0 Å². The lowest BCUT2D eigenvalue weighted by atomic mass is 10.0. The van der Waals surface area contributed by atoms with Crippen LogP contribution in [0.2, 0.25) is 5.02 Å². The third-order valence-electron chi connectivity index (χ3n) is 5.02. The highest BCUT2D eigenvalue weighted by atomic mass is 35.5. The quantitative estimate of drug-likeness (QED) is 0.442. The standard InChI is InChI=1S/C21H34ClN5O2/c1-5-23-20(25-15-21(3,4)27-11-13-29-14-12-27)24-10-9-19(28)26-18-8-6-7-17(22)16(18)2/h6-8H,5,9-15H2,1-4H3,(H,26,28)(H2,23,24,25). The zero-order chi connectivity index (χ0) is 21.3. The Morgan fingerprint density at radius 3 is 2.69 bits per heavy atom. The molecule has 1 aromatic carbocycles. The van der Waals surface area contributed by atoms with Crippen molar-refractivity contribution in [3.8, 4) is 0 Å². The second-order valence-electron chi connectivity index (χ2n) is 7.74. The Labute approximate surface area is 179 Å². The van der Waals surface area contributed by atoms with Crippen LogP contribution < -0.4 is 16.0 Å². The van der Waals surface area contributed by atoms with E-state index in [-0.39, 0.29) is 11.4 Å². The van der Waals surface area contributed by atoms with Gasteiger partial charge in [0.15, 0.2) is 5.96 Å². The number of amides is 1. The van der Waals surface area contributed by atoms with Gasteiger partial charge in [0.05, 0.1) is 19.8 Å². The largest absolute Gasteiger partial charge is 0.379 e. The molecule has 1 amide bonds. The van der Waals surface area contributed by atoms with E-state index in [2.05, 4.69) is 34.7 Å². The van der Waals surface area contributed by atoms with E-state index >= 15 is 0 Å². The van der Waals surface area contributed by atoms with Gasteiger partial charge in [-0.2, -0.15) is 0 Å². The summed E-state index contributed by atoms with van der Waals surface area (Å²) in [5.41, 5.74) is 1.57. The molecule has 0 spiro atoms. The first kappa shape index (κ1) is 23.4. The monoisotopic (exact) mass is 423 g/mol. The Balaban J connectivity index is 1.84. The number of morpholine rings is 1. The van der Waals surface area contributed by atoms with Gasteiger partial charge >= 0.3 is 0 Å². The summed E-state index contributed by atoms with van der Waals surface area (Å²) in [6.07, 6.45) is 0.337. The number of hydrogen-bond donors (Lipinski definition) is 3. The van der Waals surface area contributed by atoms with Crippen molar-refractivity contribution >= 4 is 29.2 Å². The van der Waals surface area contributed by atoms with Crippen molar-refractivity contribution in [1.29, 1.82) is 0 Å². The van der Waals surface area contributed by atoms with Crippen LogP contribution in [-0.4, -0.2) is 68.2 Å². The molecule has 0 bridgehead atoms. The molecule has 0 aliphatic carbocycles. The fourth-order valence-electron chi connectivity index (χ4n) is 3.13. The molecule has 0 saturated carbocycles. The van der Waals surface area contributed by atoms with Crippen LogP contribution in [0.25, 0.3) is 0 Å². The number of halogens is 1. The summed E-state index contributed by atoms with van der Waals surface area (Å²) < 4.78 is 5.44. The van der Waals surface area contributed by atoms with Crippen molar-refractivity contribution in [3.05, 3.63) is 28.8 Å². The molecule has 2 rings (SSSR count). The maximum absolute atomic E-state index is 12.3. The van der Waals surface area contributed by atoms with Gasteiger partial charge in [-0.1, -0.05) is 17.7 Å². The summed E-state index contributed by atoms with van der Waals surface area (Å²) in [6, 6.07) is 5.49. The van der Waals surface area contributed by atoms with E-state index in [4.69, 9.17) is 21.3 Å². The Kier molecular flexibility index (Phi) is 9.20. The van der Waals surface area contributed by atoms with Gasteiger partial charge in [-0.25, -0.2) is 0 Å². The number of rotatable bonds is 8. The molecule has 0 radical (unpaired) electrons. The minimum absolute atomic E-state index is 0.0480. The Hall–Kier alpha value is -1.83. The van der Waals surface area contributed by atoms with Crippen LogP contribution in [0.3, 0.4) is 0 Å². The van der Waals surface area contributed by atoms with Gasteiger partial charge in [0.25, 0.3) is 0 Å². The molecule has 0 atom stereocenters. The molecule has 3 N–H and O–H groups in total. The minimum atomic E-state index is -0.0626. The number of nitrogens with one attached hydrogen (secondary N) is 3. The summed E-state index contributed by atoms with van der Waals surface area (Å²) in [6.45, 7) is 13.6. The number of carbonyl (C=O) groups is 1. The zero-order valence-corrected chi connectivity index (χ0v) is 18.7. The average Bonchev–Trinajstić information content (AvgIpc) is 2.70. The summed E-state index contributed by atoms with van der Waals surface area (Å²) in [4.78, 5) is 19.4. The van der Waals surface area contributed by atoms with E-state index < -0.39 is 0 Å². The van der Waals surface area contributed by atoms with E-state index in [0.29, 0.717) is 24.5 Å². The first-order chi connectivity index (χ1) is 13.8. The van der Waals surface area contributed by atoms with Crippen molar-refractivity contribution in [1.82, 2.24) is 15.5 Å². The maximum atomic E-state index is 12.3. The van der Waals surface area contributed by atoms with Crippen LogP contribution in [0, 0.1) is 6.92 Å². The van der Waals surface area contributed by atoms with Crippen LogP contribution in [0.4, 0.5) is 5.69 Å². The first-order valence-electron chi connectivity index (χ1n) is 10.2. The fraction of sp³-hybridized carbons (Fsp3) is 0.619. The van der Waals surface area contributed by atoms with E-state index in [1.807, 2.05) is 32.0 Å². The summed E-state index contributed by atoms with van der Waals surface area (Å²) in [7, 11) is 0. The minimum Gasteiger partial charge on any atom is -0.379 e. The molecule has 7 nitrogen and oxygen atoms in total. The fourth-order valence-corrected chi connectivity index (χ4v) is 3.31. The van der Waals surface area contributed by atoms with Crippen molar-refractivity contribution < 1.29 is 9.53 Å². The molecule has 1 heterocycles. The predicted molar refractivity (Wildman–Crippen MR) is 120 cm³/mol. The SMILES string of the molecule is CCNC(=NCC(C)(C)N1CCOCC1)NCCC(=O)Nc1cccc(Cl)c1C. The van der Waals surface area contributed by atoms with Crippen LogP contribution in [0.15, 0.2) is 23.2 Å². The van der Waals surface area contributed by atoms with E-state index in [9.17, 15) is 4.79 Å². The van der Waals surface area contributed by atoms with Gasteiger partial charge in [0.2, 0.25) is 5.91 Å². The molecule has 0 aromatic heterocycles. The van der Waals surface area contributed by atoms with Crippen LogP contribution in [-0.2, 0) is 9.53 Å². The predicted octanol–water partition coefficient (Wildman–Crippen LogP) is 2.64. The molecular weight excluding hydrogens is 390 g/mol. The van der Waals surface area contributed by atoms with E-state index in [0.717, 1.165) is 50.1 Å². The van der Waals surface area contributed by atoms with Crippen LogP contribution in [0.1, 0.15) is 32.8 Å². The smallest absolute Gasteiger partial charge is 0.226 e. The summed E-state index contributed by atoms with van der Waals surface area (Å²) in [5.74, 6) is 0.660. The number of nitrogens with zero attached hydrogens (tertiary/aromatic N) is 2. The maximum Gasteiger partial charge on any atom is 0.226 e. The second-order valence-corrected chi connectivity index (χ2v) is 8.15. The number of hydrogen-bond acceptors (Lipinski definition) is 4. The van der Waals surface area contributed by atoms with Gasteiger partial charge in [-0.05, 0) is 45.4 Å². The lowest BCUT2D eigenvalue weighted by Gasteiger charge is -2.39. The number of ether oxygens (including phenoxy) is 1. The molecular formula is C21H34ClN5O2. The second kappa shape index (κ2) is 11.4. The normalized spacial score (nSPS) is 15.8. The highest BCUT2D eigenvalue weighted by molar-refractivity contribution is 6.31. The molecule has 1 aliphatic rings. The van der Waals surface area contributed by atoms with Gasteiger partial charge in [0, 0.05) is 48.8 Å². The molecule has 8 heteroatoms. The molecule has 162 valence electrons. The Morgan fingerprint density at radius 2 is 2.00 bits per heavy atom. The first-order valence-corrected chi connectivity index (χ1v) is 10.6. The molecule has 1 fully saturated rings. The molecule has 1 aromatic rings. The Bertz CT molecular complexity index is 702. The third-order valence-corrected chi connectivity index (χ3v) is 5.43. The number of guanidine groups is 1. The van der Waals surface area contributed by atoms with Crippen molar-refractivity contribution in [2.75, 3.05) is 51.3 Å². The number of aliphatic imine (C=N–C) groups is 1. The number of anilines is 1. The van der Waals surface area contributed by atoms with Gasteiger partial charge in [0.1, 0.15) is 0 Å². The van der Waals surface area contributed by atoms with Gasteiger partial charge < -0.3 is 20.7 Å². The molecule has 1 aliphatic heterocycles. The lowest BCUT2D eigenvalue weighted by molar-refractivity contribution is -0.116. The molecule has 0 unspecified atom stereocenters. The van der Waals surface area contributed by atoms with Crippen LogP contribution >= 0.6 is 11.6 Å². The van der Waals surface area contributed by atoms with Crippen LogP contribution in [0.5, 0.6) is 0 Å². The highest BCUT2D eigenvalue weighted by Gasteiger charge is 2.28. The third kappa shape index (κ3) is 7.49. The van der Waals surface area contributed by atoms with Crippen molar-refractivity contribution in [2.45, 2.75) is 39.7 Å². The topological polar surface area (TPSA) is 78.0 Å². The van der Waals surface area contributed by atoms with E-state index in [1.165, 1.54) is 0 Å². The Morgan fingerprint density at radius 1 is 1.28 bits per heavy atom. The summed E-state index contributed by atoms with van der Waals surface area (Å²) in [5, 5.41) is 10.1. The van der Waals surface area contributed by atoms with Crippen molar-refractivity contribution in [3.63, 3.8) is 0 Å². The number of benzene rings is 1. The molecule has 1 saturated heterocycles. The lowest BCUT2D eigenvalue weighted by Crippen LogP contribution is -2.52. The van der Waals surface area contributed by atoms with Gasteiger partial charge in [-0.3, -0.25) is 14.7 Å². The highest BCUT2D eigenvalue weighted by Crippen LogP contribution is 2.23. The molecule has 29 heavy (non-hydrogen) atoms. The van der Waals surface area contributed by atoms with Crippen molar-refractivity contribution in [2.24, 2.45) is 4.99 Å².